The Kier molecular flexibility index (Phi) is 6.66. The predicted octanol–water partition coefficient (Wildman–Crippen LogP) is 4.73. The van der Waals surface area contributed by atoms with E-state index in [0.717, 1.165) is 5.92 Å². The molecule has 0 aromatic heterocycles. The van der Waals surface area contributed by atoms with Crippen molar-refractivity contribution >= 4 is 0 Å². The van der Waals surface area contributed by atoms with Crippen LogP contribution in [0.5, 0.6) is 0 Å². The zero-order valence-corrected chi connectivity index (χ0v) is 9.69. The summed E-state index contributed by atoms with van der Waals surface area (Å²) < 4.78 is 0. The van der Waals surface area contributed by atoms with Gasteiger partial charge in [0.15, 0.2) is 0 Å². The highest BCUT2D eigenvalue weighted by atomic mass is 14.2. The number of allylic oxidation sites excluding steroid dienone is 3. The Labute approximate surface area is 83.7 Å². The van der Waals surface area contributed by atoms with Gasteiger partial charge in [-0.25, -0.2) is 0 Å². The summed E-state index contributed by atoms with van der Waals surface area (Å²) in [7, 11) is 0. The van der Waals surface area contributed by atoms with Crippen molar-refractivity contribution < 1.29 is 0 Å². The number of hydrogen-bond donors (Lipinski definition) is 0. The molecule has 0 nitrogen and oxygen atoms in total. The highest BCUT2D eigenvalue weighted by molar-refractivity contribution is 5.11. The van der Waals surface area contributed by atoms with Gasteiger partial charge in [0, 0.05) is 0 Å². The van der Waals surface area contributed by atoms with Crippen molar-refractivity contribution in [3.05, 3.63) is 23.8 Å². The van der Waals surface area contributed by atoms with Crippen molar-refractivity contribution in [2.24, 2.45) is 5.92 Å². The van der Waals surface area contributed by atoms with Crippen LogP contribution in [0.25, 0.3) is 0 Å². The van der Waals surface area contributed by atoms with E-state index in [9.17, 15) is 0 Å². The maximum absolute atomic E-state index is 4.00. The smallest absolute Gasteiger partial charge is 0.0171 e. The van der Waals surface area contributed by atoms with Gasteiger partial charge < -0.3 is 0 Å². The van der Waals surface area contributed by atoms with Gasteiger partial charge in [0.05, 0.1) is 0 Å². The molecule has 0 amide bonds. The Bertz CT molecular complexity index is 174. The van der Waals surface area contributed by atoms with Crippen molar-refractivity contribution in [1.82, 2.24) is 0 Å². The Morgan fingerprint density at radius 3 is 2.46 bits per heavy atom. The van der Waals surface area contributed by atoms with Gasteiger partial charge in [-0.15, -0.1) is 0 Å². The second-order valence-electron chi connectivity index (χ2n) is 3.53. The third kappa shape index (κ3) is 4.31. The van der Waals surface area contributed by atoms with Crippen molar-refractivity contribution in [2.75, 3.05) is 0 Å². The molecule has 0 fully saturated rings. The second-order valence-corrected chi connectivity index (χ2v) is 3.53. The van der Waals surface area contributed by atoms with E-state index in [2.05, 4.69) is 26.5 Å². The molecule has 0 saturated carbocycles. The Hall–Kier alpha value is -0.520. The summed E-state index contributed by atoms with van der Waals surface area (Å²) >= 11 is 0. The van der Waals surface area contributed by atoms with Gasteiger partial charge in [-0.1, -0.05) is 44.6 Å². The first-order valence-electron chi connectivity index (χ1n) is 5.57. The van der Waals surface area contributed by atoms with Crippen LogP contribution in [0.3, 0.4) is 0 Å². The lowest BCUT2D eigenvalue weighted by atomic mass is 9.85. The lowest BCUT2D eigenvalue weighted by Gasteiger charge is -2.21. The molecule has 0 spiro atoms. The minimum atomic E-state index is 0.769. The fraction of sp³-hybridized carbons (Fsp3) is 0.692. The average Bonchev–Trinajstić information content (AvgIpc) is 2.21. The van der Waals surface area contributed by atoms with Crippen molar-refractivity contribution in [3.63, 3.8) is 0 Å². The maximum Gasteiger partial charge on any atom is -0.0171 e. The third-order valence-electron chi connectivity index (χ3n) is 2.66. The van der Waals surface area contributed by atoms with Crippen LogP contribution in [-0.4, -0.2) is 0 Å². The normalized spacial score (nSPS) is 21.2. The molecule has 0 aromatic rings. The van der Waals surface area contributed by atoms with E-state index < -0.39 is 0 Å². The molecule has 0 N–H and O–H groups in total. The summed E-state index contributed by atoms with van der Waals surface area (Å²) in [6.45, 7) is 12.4. The van der Waals surface area contributed by atoms with Gasteiger partial charge in [-0.2, -0.15) is 0 Å². The molecule has 76 valence electrons. The Balaban J connectivity index is 0.000000671. The van der Waals surface area contributed by atoms with Crippen LogP contribution in [0, 0.1) is 5.92 Å². The third-order valence-corrected chi connectivity index (χ3v) is 2.66. The fourth-order valence-corrected chi connectivity index (χ4v) is 1.66. The first-order chi connectivity index (χ1) is 6.24. The molecule has 0 bridgehead atoms. The highest BCUT2D eigenvalue weighted by Gasteiger charge is 2.13. The quantitative estimate of drug-likeness (QED) is 0.539. The summed E-state index contributed by atoms with van der Waals surface area (Å²) in [6.07, 6.45) is 7.51. The molecule has 1 aliphatic carbocycles. The minimum Gasteiger partial charge on any atom is -0.0998 e. The molecule has 0 aliphatic heterocycles. The fourth-order valence-electron chi connectivity index (χ4n) is 1.66. The number of rotatable bonds is 2. The molecule has 1 atom stereocenters. The summed E-state index contributed by atoms with van der Waals surface area (Å²) in [6, 6.07) is 0. The van der Waals surface area contributed by atoms with E-state index in [0.29, 0.717) is 0 Å². The van der Waals surface area contributed by atoms with Crippen LogP contribution in [0.15, 0.2) is 23.8 Å². The zero-order chi connectivity index (χ0) is 10.3. The summed E-state index contributed by atoms with van der Waals surface area (Å²) in [5.41, 5.74) is 3.00. The van der Waals surface area contributed by atoms with Crippen LogP contribution >= 0.6 is 0 Å². The average molecular weight is 180 g/mol. The van der Waals surface area contributed by atoms with E-state index in [1.807, 2.05) is 13.8 Å². The molecule has 1 rings (SSSR count). The number of hydrogen-bond acceptors (Lipinski definition) is 0. The summed E-state index contributed by atoms with van der Waals surface area (Å²) in [5.74, 6) is 0.769. The van der Waals surface area contributed by atoms with Crippen LogP contribution < -0.4 is 0 Å². The molecule has 1 unspecified atom stereocenters. The molecular weight excluding hydrogens is 156 g/mol. The minimum absolute atomic E-state index is 0.769. The van der Waals surface area contributed by atoms with Crippen molar-refractivity contribution in [3.8, 4) is 0 Å². The topological polar surface area (TPSA) is 0 Å². The van der Waals surface area contributed by atoms with Gasteiger partial charge in [0.25, 0.3) is 0 Å². The van der Waals surface area contributed by atoms with Crippen molar-refractivity contribution in [2.45, 2.75) is 53.4 Å². The first kappa shape index (κ1) is 12.5. The van der Waals surface area contributed by atoms with Crippen LogP contribution in [-0.2, 0) is 0 Å². The molecule has 1 aliphatic rings. The molecule has 0 aromatic carbocycles. The maximum atomic E-state index is 4.00. The van der Waals surface area contributed by atoms with E-state index in [1.165, 1.54) is 31.3 Å². The standard InChI is InChI=1S/C11H18.C2H6/c1-4-10-5-7-11(8-6-10)9(2)3;1-2/h5,11H,2,4,6-8H2,1,3H3;1-2H3. The second kappa shape index (κ2) is 6.94. The van der Waals surface area contributed by atoms with E-state index in [4.69, 9.17) is 0 Å². The van der Waals surface area contributed by atoms with E-state index in [1.54, 1.807) is 5.57 Å². The molecular formula is C13H24. The van der Waals surface area contributed by atoms with Crippen LogP contribution in [0.1, 0.15) is 53.4 Å². The Morgan fingerprint density at radius 1 is 1.54 bits per heavy atom. The Morgan fingerprint density at radius 2 is 2.15 bits per heavy atom. The van der Waals surface area contributed by atoms with Crippen LogP contribution in [0.4, 0.5) is 0 Å². The molecule has 13 heavy (non-hydrogen) atoms. The van der Waals surface area contributed by atoms with Gasteiger partial charge >= 0.3 is 0 Å². The zero-order valence-electron chi connectivity index (χ0n) is 9.69. The first-order valence-corrected chi connectivity index (χ1v) is 5.57. The SMILES string of the molecule is C=C(C)C1CC=C(CC)CC1.CC. The van der Waals surface area contributed by atoms with Gasteiger partial charge in [0.1, 0.15) is 0 Å². The van der Waals surface area contributed by atoms with Gasteiger partial charge in [0.2, 0.25) is 0 Å². The molecule has 0 saturated heterocycles. The lowest BCUT2D eigenvalue weighted by Crippen LogP contribution is -2.05. The summed E-state index contributed by atoms with van der Waals surface area (Å²) in [5, 5.41) is 0. The largest absolute Gasteiger partial charge is 0.0998 e. The summed E-state index contributed by atoms with van der Waals surface area (Å²) in [4.78, 5) is 0. The van der Waals surface area contributed by atoms with Crippen LogP contribution in [0.2, 0.25) is 0 Å². The predicted molar refractivity (Wildman–Crippen MR) is 61.9 cm³/mol. The van der Waals surface area contributed by atoms with Crippen molar-refractivity contribution in [1.29, 1.82) is 0 Å². The highest BCUT2D eigenvalue weighted by Crippen LogP contribution is 2.28. The van der Waals surface area contributed by atoms with Gasteiger partial charge in [-0.3, -0.25) is 0 Å². The molecule has 0 heterocycles. The lowest BCUT2D eigenvalue weighted by molar-refractivity contribution is 0.534. The van der Waals surface area contributed by atoms with E-state index in [-0.39, 0.29) is 0 Å². The van der Waals surface area contributed by atoms with E-state index >= 15 is 0 Å². The molecule has 0 radical (unpaired) electrons. The monoisotopic (exact) mass is 180 g/mol. The van der Waals surface area contributed by atoms with Gasteiger partial charge in [-0.05, 0) is 38.5 Å². The molecule has 0 heteroatoms.